The Morgan fingerprint density at radius 3 is 2.43 bits per heavy atom. The van der Waals surface area contributed by atoms with Gasteiger partial charge in [-0.2, -0.15) is 0 Å². The Morgan fingerprint density at radius 1 is 1.10 bits per heavy atom. The monoisotopic (exact) mass is 412 g/mol. The van der Waals surface area contributed by atoms with Crippen LogP contribution in [0.2, 0.25) is 0 Å². The number of aliphatic hydroxyl groups excluding tert-OH is 1. The summed E-state index contributed by atoms with van der Waals surface area (Å²) in [5, 5.41) is 19.2. The standard InChI is InChI=1S/C24H29FN2O3/c25-20-6-4-17(5-7-20)15-26(24(30)16-28)10-11-27-21-8-9-22(27)13-19(12-21)18-2-1-3-23(29)14-18/h1-7,14,19,21-22,28-29H,8-13,15-16H2/t19?,21-,22+. The van der Waals surface area contributed by atoms with Crippen LogP contribution in [0.5, 0.6) is 5.75 Å². The average Bonchev–Trinajstić information content (AvgIpc) is 2.98. The van der Waals surface area contributed by atoms with Crippen molar-refractivity contribution >= 4 is 5.91 Å². The third kappa shape index (κ3) is 4.65. The Kier molecular flexibility index (Phi) is 6.35. The predicted molar refractivity (Wildman–Crippen MR) is 113 cm³/mol. The van der Waals surface area contributed by atoms with Crippen LogP contribution in [0, 0.1) is 5.82 Å². The summed E-state index contributed by atoms with van der Waals surface area (Å²) in [7, 11) is 0. The topological polar surface area (TPSA) is 64.0 Å². The maximum atomic E-state index is 13.2. The molecule has 0 saturated carbocycles. The molecule has 3 atom stereocenters. The minimum Gasteiger partial charge on any atom is -0.508 e. The Balaban J connectivity index is 1.38. The van der Waals surface area contributed by atoms with E-state index in [1.807, 2.05) is 12.1 Å². The Hall–Kier alpha value is -2.44. The van der Waals surface area contributed by atoms with Crippen LogP contribution in [-0.4, -0.2) is 57.7 Å². The van der Waals surface area contributed by atoms with E-state index in [4.69, 9.17) is 0 Å². The molecule has 1 unspecified atom stereocenters. The van der Waals surface area contributed by atoms with E-state index >= 15 is 0 Å². The van der Waals surface area contributed by atoms with Gasteiger partial charge in [0.05, 0.1) is 0 Å². The second-order valence-electron chi connectivity index (χ2n) is 8.49. The van der Waals surface area contributed by atoms with Crippen LogP contribution in [0.25, 0.3) is 0 Å². The summed E-state index contributed by atoms with van der Waals surface area (Å²) in [5.74, 6) is 0.174. The second-order valence-corrected chi connectivity index (χ2v) is 8.49. The number of fused-ring (bicyclic) bond motifs is 2. The highest BCUT2D eigenvalue weighted by Crippen LogP contribution is 2.43. The summed E-state index contributed by atoms with van der Waals surface area (Å²) < 4.78 is 13.2. The largest absolute Gasteiger partial charge is 0.508 e. The molecule has 6 heteroatoms. The van der Waals surface area contributed by atoms with Crippen molar-refractivity contribution in [3.8, 4) is 5.75 Å². The quantitative estimate of drug-likeness (QED) is 0.733. The van der Waals surface area contributed by atoms with E-state index in [0.717, 1.165) is 37.8 Å². The number of carbonyl (C=O) groups excluding carboxylic acids is 1. The molecule has 0 radical (unpaired) electrons. The molecule has 0 spiro atoms. The van der Waals surface area contributed by atoms with Crippen LogP contribution in [0.1, 0.15) is 42.7 Å². The van der Waals surface area contributed by atoms with Gasteiger partial charge in [0.2, 0.25) is 5.91 Å². The summed E-state index contributed by atoms with van der Waals surface area (Å²) in [5.41, 5.74) is 2.06. The lowest BCUT2D eigenvalue weighted by Crippen LogP contribution is -2.47. The van der Waals surface area contributed by atoms with E-state index in [1.54, 1.807) is 23.1 Å². The summed E-state index contributed by atoms with van der Waals surface area (Å²) in [6.07, 6.45) is 4.44. The first-order valence-electron chi connectivity index (χ1n) is 10.7. The van der Waals surface area contributed by atoms with Gasteiger partial charge >= 0.3 is 0 Å². The van der Waals surface area contributed by atoms with Crippen LogP contribution in [0.4, 0.5) is 4.39 Å². The number of phenols is 1. The zero-order valence-electron chi connectivity index (χ0n) is 17.1. The van der Waals surface area contributed by atoms with Crippen molar-refractivity contribution in [2.24, 2.45) is 0 Å². The van der Waals surface area contributed by atoms with E-state index < -0.39 is 6.61 Å². The van der Waals surface area contributed by atoms with Gasteiger partial charge in [0.25, 0.3) is 0 Å². The number of phenolic OH excluding ortho intramolecular Hbond substituents is 1. The van der Waals surface area contributed by atoms with Crippen LogP contribution < -0.4 is 0 Å². The normalized spacial score (nSPS) is 23.5. The lowest BCUT2D eigenvalue weighted by Gasteiger charge is -2.40. The van der Waals surface area contributed by atoms with E-state index in [-0.39, 0.29) is 11.7 Å². The number of carbonyl (C=O) groups is 1. The highest BCUT2D eigenvalue weighted by Gasteiger charge is 2.41. The minimum atomic E-state index is -0.520. The third-order valence-electron chi connectivity index (χ3n) is 6.63. The van der Waals surface area contributed by atoms with Gasteiger partial charge in [-0.25, -0.2) is 4.39 Å². The van der Waals surface area contributed by atoms with Gasteiger partial charge in [0.1, 0.15) is 18.2 Å². The van der Waals surface area contributed by atoms with Gasteiger partial charge in [-0.1, -0.05) is 24.3 Å². The number of amides is 1. The van der Waals surface area contributed by atoms with Crippen molar-refractivity contribution in [3.63, 3.8) is 0 Å². The first-order valence-corrected chi connectivity index (χ1v) is 10.7. The number of aromatic hydroxyl groups is 1. The Labute approximate surface area is 176 Å². The molecule has 2 aliphatic rings. The van der Waals surface area contributed by atoms with Crippen LogP contribution in [-0.2, 0) is 11.3 Å². The SMILES string of the molecule is O=C(CO)N(CCN1[C@@H]2CC[C@H]1CC(c1cccc(O)c1)C2)Cc1ccc(F)cc1. The molecule has 160 valence electrons. The third-order valence-corrected chi connectivity index (χ3v) is 6.63. The lowest BCUT2D eigenvalue weighted by atomic mass is 9.85. The predicted octanol–water partition coefficient (Wildman–Crippen LogP) is 3.26. The molecule has 2 bridgehead atoms. The van der Waals surface area contributed by atoms with Gasteiger partial charge in [0.15, 0.2) is 0 Å². The highest BCUT2D eigenvalue weighted by molar-refractivity contribution is 5.77. The smallest absolute Gasteiger partial charge is 0.248 e. The van der Waals surface area contributed by atoms with Crippen LogP contribution in [0.3, 0.4) is 0 Å². The zero-order chi connectivity index (χ0) is 21.1. The van der Waals surface area contributed by atoms with Crippen molar-refractivity contribution in [3.05, 3.63) is 65.5 Å². The van der Waals surface area contributed by atoms with E-state index in [9.17, 15) is 19.4 Å². The number of hydrogen-bond acceptors (Lipinski definition) is 4. The molecule has 2 aromatic rings. The van der Waals surface area contributed by atoms with Crippen molar-refractivity contribution in [1.82, 2.24) is 9.80 Å². The molecule has 30 heavy (non-hydrogen) atoms. The maximum absolute atomic E-state index is 13.2. The highest BCUT2D eigenvalue weighted by atomic mass is 19.1. The fraction of sp³-hybridized carbons (Fsp3) is 0.458. The molecule has 0 aliphatic carbocycles. The molecule has 2 heterocycles. The van der Waals surface area contributed by atoms with Gasteiger partial charge in [-0.3, -0.25) is 9.69 Å². The van der Waals surface area contributed by atoms with Crippen molar-refractivity contribution in [2.75, 3.05) is 19.7 Å². The first kappa shape index (κ1) is 20.8. The number of hydrogen-bond donors (Lipinski definition) is 2. The van der Waals surface area contributed by atoms with Crippen LogP contribution in [0.15, 0.2) is 48.5 Å². The molecule has 2 saturated heterocycles. The molecule has 5 nitrogen and oxygen atoms in total. The molecule has 1 amide bonds. The van der Waals surface area contributed by atoms with Gasteiger partial charge in [-0.05, 0) is 67.0 Å². The summed E-state index contributed by atoms with van der Waals surface area (Å²) in [6, 6.07) is 14.7. The van der Waals surface area contributed by atoms with E-state index in [2.05, 4.69) is 11.0 Å². The molecule has 2 aliphatic heterocycles. The van der Waals surface area contributed by atoms with Crippen molar-refractivity contribution in [2.45, 2.75) is 50.2 Å². The maximum Gasteiger partial charge on any atom is 0.248 e. The van der Waals surface area contributed by atoms with E-state index in [0.29, 0.717) is 36.8 Å². The number of aliphatic hydroxyl groups is 1. The fourth-order valence-corrected chi connectivity index (χ4v) is 5.13. The van der Waals surface area contributed by atoms with Gasteiger partial charge < -0.3 is 15.1 Å². The average molecular weight is 413 g/mol. The number of benzene rings is 2. The summed E-state index contributed by atoms with van der Waals surface area (Å²) in [6.45, 7) is 1.16. The number of rotatable bonds is 7. The summed E-state index contributed by atoms with van der Waals surface area (Å²) >= 11 is 0. The van der Waals surface area contributed by atoms with Crippen LogP contribution >= 0.6 is 0 Å². The van der Waals surface area contributed by atoms with Crippen molar-refractivity contribution in [1.29, 1.82) is 0 Å². The van der Waals surface area contributed by atoms with Gasteiger partial charge in [-0.15, -0.1) is 0 Å². The molecule has 2 fully saturated rings. The molecule has 4 rings (SSSR count). The molecular weight excluding hydrogens is 383 g/mol. The number of nitrogens with zero attached hydrogens (tertiary/aromatic N) is 2. The number of halogens is 1. The fourth-order valence-electron chi connectivity index (χ4n) is 5.13. The van der Waals surface area contributed by atoms with Gasteiger partial charge in [0, 0.05) is 31.7 Å². The molecule has 0 aromatic heterocycles. The Bertz CT molecular complexity index is 859. The summed E-state index contributed by atoms with van der Waals surface area (Å²) in [4.78, 5) is 16.4. The van der Waals surface area contributed by atoms with E-state index in [1.165, 1.54) is 17.7 Å². The molecule has 2 N–H and O–H groups in total. The molecular formula is C24H29FN2O3. The zero-order valence-corrected chi connectivity index (χ0v) is 17.1. The molecule has 2 aromatic carbocycles. The number of piperidine rings is 1. The first-order chi connectivity index (χ1) is 14.5. The minimum absolute atomic E-state index is 0.301. The lowest BCUT2D eigenvalue weighted by molar-refractivity contribution is -0.135. The second kappa shape index (κ2) is 9.14. The Morgan fingerprint density at radius 2 is 1.80 bits per heavy atom. The van der Waals surface area contributed by atoms with Crippen molar-refractivity contribution < 1.29 is 19.4 Å².